The number of hydrogen-bond donors (Lipinski definition) is 1. The van der Waals surface area contributed by atoms with Crippen molar-refractivity contribution in [2.45, 2.75) is 32.5 Å². The highest BCUT2D eigenvalue weighted by atomic mass is 32.1. The Morgan fingerprint density at radius 2 is 2.22 bits per heavy atom. The maximum atomic E-state index is 12.4. The molecule has 0 saturated carbocycles. The van der Waals surface area contributed by atoms with Gasteiger partial charge in [-0.25, -0.2) is 4.98 Å². The molecular weight excluding hydrogens is 263 g/mol. The first kappa shape index (κ1) is 14.9. The first-order valence-corrected chi connectivity index (χ1v) is 6.34. The zero-order valence-electron chi connectivity index (χ0n) is 10.1. The summed E-state index contributed by atoms with van der Waals surface area (Å²) in [7, 11) is 0. The molecule has 0 spiro atoms. The fourth-order valence-electron chi connectivity index (χ4n) is 1.30. The minimum atomic E-state index is -4.49. The lowest BCUT2D eigenvalue weighted by atomic mass is 10.1. The van der Waals surface area contributed by atoms with E-state index in [0.29, 0.717) is 0 Å². The van der Waals surface area contributed by atoms with Gasteiger partial charge >= 0.3 is 6.18 Å². The van der Waals surface area contributed by atoms with Crippen molar-refractivity contribution in [3.8, 4) is 6.07 Å². The van der Waals surface area contributed by atoms with E-state index in [0.717, 1.165) is 16.3 Å². The number of hydrogen-bond acceptors (Lipinski definition) is 4. The number of nitrogens with zero attached hydrogens (tertiary/aromatic N) is 2. The second-order valence-corrected chi connectivity index (χ2v) is 5.02. The Morgan fingerprint density at radius 3 is 2.67 bits per heavy atom. The average Bonchev–Trinajstić information content (AvgIpc) is 2.76. The molecule has 1 heterocycles. The molecule has 0 radical (unpaired) electrons. The second-order valence-electron chi connectivity index (χ2n) is 3.87. The van der Waals surface area contributed by atoms with Crippen LogP contribution in [-0.4, -0.2) is 17.7 Å². The van der Waals surface area contributed by atoms with Crippen LogP contribution in [0.3, 0.4) is 0 Å². The maximum Gasteiger partial charge on any atom is 0.405 e. The number of aromatic nitrogens is 1. The van der Waals surface area contributed by atoms with Crippen LogP contribution in [-0.2, 0) is 6.42 Å². The maximum absolute atomic E-state index is 12.4. The molecule has 0 amide bonds. The van der Waals surface area contributed by atoms with Crippen molar-refractivity contribution in [1.82, 2.24) is 10.3 Å². The molecule has 0 aliphatic rings. The van der Waals surface area contributed by atoms with E-state index < -0.39 is 18.6 Å². The predicted octanol–water partition coefficient (Wildman–Crippen LogP) is 3.06. The van der Waals surface area contributed by atoms with Gasteiger partial charge < -0.3 is 5.32 Å². The van der Waals surface area contributed by atoms with Crippen LogP contribution in [0.25, 0.3) is 0 Å². The van der Waals surface area contributed by atoms with E-state index in [9.17, 15) is 13.2 Å². The fraction of sp³-hybridized carbons (Fsp3) is 0.636. The fourth-order valence-corrected chi connectivity index (χ4v) is 2.19. The smallest absolute Gasteiger partial charge is 0.306 e. The summed E-state index contributed by atoms with van der Waals surface area (Å²) in [6.07, 6.45) is -1.91. The van der Waals surface area contributed by atoms with Gasteiger partial charge in [0, 0.05) is 17.6 Å². The third-order valence-corrected chi connectivity index (χ3v) is 3.79. The first-order chi connectivity index (χ1) is 8.38. The second kappa shape index (κ2) is 6.16. The van der Waals surface area contributed by atoms with E-state index in [1.807, 2.05) is 6.92 Å². The zero-order valence-corrected chi connectivity index (χ0v) is 10.9. The van der Waals surface area contributed by atoms with Crippen molar-refractivity contribution in [3.63, 3.8) is 0 Å². The quantitative estimate of drug-likeness (QED) is 0.899. The van der Waals surface area contributed by atoms with Crippen LogP contribution >= 0.6 is 11.3 Å². The molecule has 0 aromatic carbocycles. The molecule has 100 valence electrons. The number of nitrogens with one attached hydrogen (secondary N) is 1. The van der Waals surface area contributed by atoms with Crippen LogP contribution in [0, 0.1) is 17.2 Å². The molecule has 18 heavy (non-hydrogen) atoms. The SMILES string of the molecule is CCc1cnc(C(C)NCC(C#N)C(F)(F)F)s1. The van der Waals surface area contributed by atoms with Crippen LogP contribution in [0.4, 0.5) is 13.2 Å². The molecule has 0 bridgehead atoms. The third-order valence-electron chi connectivity index (χ3n) is 2.47. The topological polar surface area (TPSA) is 48.7 Å². The lowest BCUT2D eigenvalue weighted by Crippen LogP contribution is -2.33. The summed E-state index contributed by atoms with van der Waals surface area (Å²) in [5.74, 6) is -1.98. The number of halogens is 3. The van der Waals surface area contributed by atoms with E-state index in [2.05, 4.69) is 10.3 Å². The molecule has 1 aromatic rings. The van der Waals surface area contributed by atoms with Crippen LogP contribution in [0.15, 0.2) is 6.20 Å². The van der Waals surface area contributed by atoms with Crippen molar-refractivity contribution in [2.24, 2.45) is 5.92 Å². The van der Waals surface area contributed by atoms with Crippen LogP contribution in [0.1, 0.15) is 29.8 Å². The van der Waals surface area contributed by atoms with Gasteiger partial charge in [-0.05, 0) is 13.3 Å². The van der Waals surface area contributed by atoms with Gasteiger partial charge in [-0.3, -0.25) is 0 Å². The molecule has 2 atom stereocenters. The Labute approximate surface area is 108 Å². The Hall–Kier alpha value is -1.13. The summed E-state index contributed by atoms with van der Waals surface area (Å²) in [6, 6.07) is 0.977. The van der Waals surface area contributed by atoms with Gasteiger partial charge in [-0.1, -0.05) is 6.92 Å². The number of alkyl halides is 3. The molecule has 1 rings (SSSR count). The lowest BCUT2D eigenvalue weighted by Gasteiger charge is -2.16. The van der Waals surface area contributed by atoms with Crippen molar-refractivity contribution in [1.29, 1.82) is 5.26 Å². The van der Waals surface area contributed by atoms with Gasteiger partial charge in [0.2, 0.25) is 0 Å². The lowest BCUT2D eigenvalue weighted by molar-refractivity contribution is -0.157. The molecule has 0 saturated heterocycles. The number of aryl methyl sites for hydroxylation is 1. The van der Waals surface area contributed by atoms with Gasteiger partial charge in [0.25, 0.3) is 0 Å². The number of thiazole rings is 1. The van der Waals surface area contributed by atoms with E-state index in [-0.39, 0.29) is 6.04 Å². The monoisotopic (exact) mass is 277 g/mol. The Balaban J connectivity index is 2.55. The summed E-state index contributed by atoms with van der Waals surface area (Å²) >= 11 is 1.47. The predicted molar refractivity (Wildman–Crippen MR) is 63.1 cm³/mol. The summed E-state index contributed by atoms with van der Waals surface area (Å²) in [5, 5.41) is 11.9. The molecule has 7 heteroatoms. The molecule has 0 fully saturated rings. The Kier molecular flexibility index (Phi) is 5.11. The average molecular weight is 277 g/mol. The van der Waals surface area contributed by atoms with E-state index in [1.54, 1.807) is 13.1 Å². The minimum Gasteiger partial charge on any atom is -0.306 e. The molecule has 0 aliphatic heterocycles. The highest BCUT2D eigenvalue weighted by Gasteiger charge is 2.39. The summed E-state index contributed by atoms with van der Waals surface area (Å²) < 4.78 is 37.1. The van der Waals surface area contributed by atoms with Crippen molar-refractivity contribution < 1.29 is 13.2 Å². The molecular formula is C11H14F3N3S. The van der Waals surface area contributed by atoms with Gasteiger partial charge in [-0.15, -0.1) is 11.3 Å². The van der Waals surface area contributed by atoms with Crippen molar-refractivity contribution in [2.75, 3.05) is 6.54 Å². The van der Waals surface area contributed by atoms with E-state index >= 15 is 0 Å². The van der Waals surface area contributed by atoms with Gasteiger partial charge in [0.05, 0.1) is 12.1 Å². The normalized spacial score (nSPS) is 15.1. The zero-order chi connectivity index (χ0) is 13.8. The van der Waals surface area contributed by atoms with Crippen molar-refractivity contribution >= 4 is 11.3 Å². The summed E-state index contributed by atoms with van der Waals surface area (Å²) in [6.45, 7) is 3.32. The van der Waals surface area contributed by atoms with Crippen LogP contribution < -0.4 is 5.32 Å². The Morgan fingerprint density at radius 1 is 1.56 bits per heavy atom. The van der Waals surface area contributed by atoms with Crippen LogP contribution in [0.2, 0.25) is 0 Å². The molecule has 1 aromatic heterocycles. The number of nitriles is 1. The summed E-state index contributed by atoms with van der Waals surface area (Å²) in [5.41, 5.74) is 0. The number of rotatable bonds is 5. The molecule has 3 nitrogen and oxygen atoms in total. The van der Waals surface area contributed by atoms with Crippen LogP contribution in [0.5, 0.6) is 0 Å². The first-order valence-electron chi connectivity index (χ1n) is 5.52. The highest BCUT2D eigenvalue weighted by Crippen LogP contribution is 2.26. The Bertz CT molecular complexity index is 422. The molecule has 1 N–H and O–H groups in total. The minimum absolute atomic E-state index is 0.284. The largest absolute Gasteiger partial charge is 0.405 e. The highest BCUT2D eigenvalue weighted by molar-refractivity contribution is 7.11. The molecule has 0 aliphatic carbocycles. The van der Waals surface area contributed by atoms with Gasteiger partial charge in [-0.2, -0.15) is 18.4 Å². The standard InChI is InChI=1S/C11H14F3N3S/c1-3-9-6-17-10(18-9)7(2)16-5-8(4-15)11(12,13)14/h6-8,16H,3,5H2,1-2H3. The van der Waals surface area contributed by atoms with E-state index in [1.165, 1.54) is 17.4 Å². The summed E-state index contributed by atoms with van der Waals surface area (Å²) in [4.78, 5) is 5.23. The third kappa shape index (κ3) is 3.96. The van der Waals surface area contributed by atoms with Gasteiger partial charge in [0.1, 0.15) is 5.01 Å². The molecule has 2 unspecified atom stereocenters. The van der Waals surface area contributed by atoms with Crippen molar-refractivity contribution in [3.05, 3.63) is 16.1 Å². The van der Waals surface area contributed by atoms with Gasteiger partial charge in [0.15, 0.2) is 5.92 Å². The van der Waals surface area contributed by atoms with E-state index in [4.69, 9.17) is 5.26 Å².